The van der Waals surface area contributed by atoms with Crippen LogP contribution in [0.25, 0.3) is 11.3 Å². The second kappa shape index (κ2) is 7.33. The van der Waals surface area contributed by atoms with Crippen LogP contribution in [0, 0.1) is 11.3 Å². The monoisotopic (exact) mass is 359 g/mol. The molecule has 8 heteroatoms. The maximum Gasteiger partial charge on any atom is 0.270 e. The van der Waals surface area contributed by atoms with Crippen LogP contribution in [0.5, 0.6) is 0 Å². The van der Waals surface area contributed by atoms with Crippen LogP contribution in [0.1, 0.15) is 40.8 Å². The van der Waals surface area contributed by atoms with E-state index in [1.807, 2.05) is 12.1 Å². The molecule has 0 radical (unpaired) electrons. The standard InChI is InChI=1S/C19H17N7O/c20-9-15-1-2-17(24-15)19(27)26-7-4-13(5-8-26)18-23-6-3-16(25-18)14-10-21-12-22-11-14/h1-3,6,10-13,24H,4-5,7-8H2. The predicted octanol–water partition coefficient (Wildman–Crippen LogP) is 2.15. The van der Waals surface area contributed by atoms with Gasteiger partial charge >= 0.3 is 0 Å². The molecular weight excluding hydrogens is 342 g/mol. The van der Waals surface area contributed by atoms with Gasteiger partial charge in [-0.1, -0.05) is 0 Å². The van der Waals surface area contributed by atoms with Crippen molar-refractivity contribution in [3.05, 3.63) is 60.3 Å². The first-order chi connectivity index (χ1) is 13.2. The summed E-state index contributed by atoms with van der Waals surface area (Å²) < 4.78 is 0. The quantitative estimate of drug-likeness (QED) is 0.767. The number of carbonyl (C=O) groups is 1. The summed E-state index contributed by atoms with van der Waals surface area (Å²) in [5.41, 5.74) is 2.50. The fourth-order valence-corrected chi connectivity index (χ4v) is 3.26. The first-order valence-corrected chi connectivity index (χ1v) is 8.71. The number of aromatic amines is 1. The van der Waals surface area contributed by atoms with Gasteiger partial charge in [0.25, 0.3) is 5.91 Å². The molecule has 27 heavy (non-hydrogen) atoms. The number of rotatable bonds is 3. The number of nitrogens with zero attached hydrogens (tertiary/aromatic N) is 6. The third-order valence-electron chi connectivity index (χ3n) is 4.71. The zero-order valence-corrected chi connectivity index (χ0v) is 14.5. The number of carbonyl (C=O) groups excluding carboxylic acids is 1. The predicted molar refractivity (Wildman–Crippen MR) is 96.4 cm³/mol. The van der Waals surface area contributed by atoms with E-state index in [2.05, 4.69) is 24.9 Å². The van der Waals surface area contributed by atoms with E-state index in [0.29, 0.717) is 24.5 Å². The number of amides is 1. The molecule has 0 aliphatic carbocycles. The highest BCUT2D eigenvalue weighted by molar-refractivity contribution is 5.92. The number of hydrogen-bond donors (Lipinski definition) is 1. The lowest BCUT2D eigenvalue weighted by atomic mass is 9.95. The molecule has 1 fully saturated rings. The molecule has 1 saturated heterocycles. The van der Waals surface area contributed by atoms with E-state index in [-0.39, 0.29) is 11.8 Å². The minimum atomic E-state index is -0.0777. The van der Waals surface area contributed by atoms with Gasteiger partial charge in [0.05, 0.1) is 5.69 Å². The van der Waals surface area contributed by atoms with Gasteiger partial charge in [-0.3, -0.25) is 4.79 Å². The summed E-state index contributed by atoms with van der Waals surface area (Å²) in [6, 6.07) is 7.12. The van der Waals surface area contributed by atoms with Crippen LogP contribution in [-0.2, 0) is 0 Å². The van der Waals surface area contributed by atoms with Crippen molar-refractivity contribution in [1.82, 2.24) is 29.8 Å². The van der Waals surface area contributed by atoms with Gasteiger partial charge in [0, 0.05) is 43.2 Å². The zero-order valence-electron chi connectivity index (χ0n) is 14.5. The van der Waals surface area contributed by atoms with Crippen molar-refractivity contribution in [2.24, 2.45) is 0 Å². The summed E-state index contributed by atoms with van der Waals surface area (Å²) in [5, 5.41) is 8.88. The normalized spacial score (nSPS) is 14.7. The number of H-pyrrole nitrogens is 1. The summed E-state index contributed by atoms with van der Waals surface area (Å²) in [7, 11) is 0. The first kappa shape index (κ1) is 16.8. The summed E-state index contributed by atoms with van der Waals surface area (Å²) in [6.07, 6.45) is 8.30. The SMILES string of the molecule is N#Cc1ccc(C(=O)N2CCC(c3nccc(-c4cncnc4)n3)CC2)[nH]1. The molecule has 1 aliphatic rings. The average Bonchev–Trinajstić information content (AvgIpc) is 3.23. The van der Waals surface area contributed by atoms with Crippen molar-refractivity contribution in [2.75, 3.05) is 13.1 Å². The highest BCUT2D eigenvalue weighted by Gasteiger charge is 2.27. The molecule has 0 unspecified atom stereocenters. The van der Waals surface area contributed by atoms with Crippen LogP contribution in [0.15, 0.2) is 43.1 Å². The Morgan fingerprint density at radius 1 is 1.19 bits per heavy atom. The number of aromatic nitrogens is 5. The maximum atomic E-state index is 12.6. The molecule has 3 aromatic rings. The second-order valence-electron chi connectivity index (χ2n) is 6.39. The molecule has 0 bridgehead atoms. The highest BCUT2D eigenvalue weighted by atomic mass is 16.2. The van der Waals surface area contributed by atoms with Crippen LogP contribution in [-0.4, -0.2) is 48.8 Å². The lowest BCUT2D eigenvalue weighted by Crippen LogP contribution is -2.38. The molecule has 1 amide bonds. The van der Waals surface area contributed by atoms with Gasteiger partial charge in [0.2, 0.25) is 0 Å². The maximum absolute atomic E-state index is 12.6. The smallest absolute Gasteiger partial charge is 0.270 e. The third kappa shape index (κ3) is 3.53. The number of nitrogens with one attached hydrogen (secondary N) is 1. The fraction of sp³-hybridized carbons (Fsp3) is 0.263. The summed E-state index contributed by atoms with van der Waals surface area (Å²) >= 11 is 0. The Bertz CT molecular complexity index is 985. The topological polar surface area (TPSA) is 111 Å². The van der Waals surface area contributed by atoms with Gasteiger partial charge in [-0.2, -0.15) is 5.26 Å². The van der Waals surface area contributed by atoms with E-state index in [1.165, 1.54) is 6.33 Å². The second-order valence-corrected chi connectivity index (χ2v) is 6.39. The molecule has 134 valence electrons. The van der Waals surface area contributed by atoms with E-state index in [9.17, 15) is 4.79 Å². The molecule has 0 spiro atoms. The zero-order chi connectivity index (χ0) is 18.6. The molecule has 1 aliphatic heterocycles. The van der Waals surface area contributed by atoms with Gasteiger partial charge in [0.1, 0.15) is 29.6 Å². The summed E-state index contributed by atoms with van der Waals surface area (Å²) in [4.78, 5) is 34.4. The molecule has 0 saturated carbocycles. The van der Waals surface area contributed by atoms with Crippen molar-refractivity contribution in [3.8, 4) is 17.3 Å². The third-order valence-corrected chi connectivity index (χ3v) is 4.71. The van der Waals surface area contributed by atoms with Crippen molar-refractivity contribution in [3.63, 3.8) is 0 Å². The van der Waals surface area contributed by atoms with Crippen molar-refractivity contribution in [2.45, 2.75) is 18.8 Å². The van der Waals surface area contributed by atoms with Crippen LogP contribution in [0.2, 0.25) is 0 Å². The molecule has 3 aromatic heterocycles. The van der Waals surface area contributed by atoms with Gasteiger partial charge in [-0.05, 0) is 31.0 Å². The van der Waals surface area contributed by atoms with E-state index < -0.39 is 0 Å². The Labute approximate surface area is 155 Å². The van der Waals surface area contributed by atoms with Crippen molar-refractivity contribution < 1.29 is 4.79 Å². The largest absolute Gasteiger partial charge is 0.342 e. The lowest BCUT2D eigenvalue weighted by molar-refractivity contribution is 0.0706. The van der Waals surface area contributed by atoms with Crippen LogP contribution < -0.4 is 0 Å². The Kier molecular flexibility index (Phi) is 4.58. The van der Waals surface area contributed by atoms with E-state index in [1.54, 1.807) is 35.6 Å². The van der Waals surface area contributed by atoms with Gasteiger partial charge in [-0.15, -0.1) is 0 Å². The van der Waals surface area contributed by atoms with Crippen molar-refractivity contribution in [1.29, 1.82) is 5.26 Å². The van der Waals surface area contributed by atoms with E-state index >= 15 is 0 Å². The van der Waals surface area contributed by atoms with Gasteiger partial charge < -0.3 is 9.88 Å². The van der Waals surface area contributed by atoms with Crippen LogP contribution >= 0.6 is 0 Å². The van der Waals surface area contributed by atoms with E-state index in [4.69, 9.17) is 5.26 Å². The highest BCUT2D eigenvalue weighted by Crippen LogP contribution is 2.27. The Hall–Kier alpha value is -3.60. The molecule has 4 heterocycles. The lowest BCUT2D eigenvalue weighted by Gasteiger charge is -2.31. The number of nitriles is 1. The number of piperidine rings is 1. The molecule has 4 rings (SSSR count). The van der Waals surface area contributed by atoms with Crippen LogP contribution in [0.3, 0.4) is 0 Å². The van der Waals surface area contributed by atoms with Gasteiger partial charge in [0.15, 0.2) is 0 Å². The molecule has 0 atom stereocenters. The summed E-state index contributed by atoms with van der Waals surface area (Å²) in [5.74, 6) is 0.915. The first-order valence-electron chi connectivity index (χ1n) is 8.71. The Morgan fingerprint density at radius 2 is 1.96 bits per heavy atom. The van der Waals surface area contributed by atoms with Crippen LogP contribution in [0.4, 0.5) is 0 Å². The minimum absolute atomic E-state index is 0.0777. The Morgan fingerprint density at radius 3 is 2.67 bits per heavy atom. The fourth-order valence-electron chi connectivity index (χ4n) is 3.26. The van der Waals surface area contributed by atoms with E-state index in [0.717, 1.165) is 29.9 Å². The minimum Gasteiger partial charge on any atom is -0.342 e. The van der Waals surface area contributed by atoms with Crippen molar-refractivity contribution >= 4 is 5.91 Å². The number of hydrogen-bond acceptors (Lipinski definition) is 6. The summed E-state index contributed by atoms with van der Waals surface area (Å²) in [6.45, 7) is 1.26. The molecule has 1 N–H and O–H groups in total. The molecular formula is C19H17N7O. The van der Waals surface area contributed by atoms with Gasteiger partial charge in [-0.25, -0.2) is 19.9 Å². The average molecular weight is 359 g/mol. The molecule has 8 nitrogen and oxygen atoms in total. The Balaban J connectivity index is 1.44. The number of likely N-dealkylation sites (tertiary alicyclic amines) is 1. The molecule has 0 aromatic carbocycles.